The van der Waals surface area contributed by atoms with Crippen molar-refractivity contribution in [3.8, 4) is 28.5 Å². The number of hydrogen-bond donors (Lipinski definition) is 2. The molecular weight excluding hydrogens is 275 g/mol. The van der Waals surface area contributed by atoms with Gasteiger partial charge in [0.1, 0.15) is 5.75 Å². The van der Waals surface area contributed by atoms with Gasteiger partial charge in [-0.05, 0) is 37.3 Å². The number of nitrogens with zero attached hydrogens (tertiary/aromatic N) is 1. The first-order valence-corrected chi connectivity index (χ1v) is 5.52. The first-order chi connectivity index (χ1) is 9.26. The minimum Gasteiger partial charge on any atom is -0.506 e. The molecule has 0 atom stereocenters. The third kappa shape index (κ3) is 3.11. The van der Waals surface area contributed by atoms with E-state index in [1.807, 2.05) is 0 Å². The standard InChI is InChI=1S/C13H10F3NO3/c1-7-10(18)5-3-9(17-7)8-2-4-11(19)12(6-8)20-13(14,15)16/h2-6,18-19H,1H3. The summed E-state index contributed by atoms with van der Waals surface area (Å²) in [7, 11) is 0. The molecule has 1 aromatic carbocycles. The van der Waals surface area contributed by atoms with Crippen LogP contribution < -0.4 is 4.74 Å². The van der Waals surface area contributed by atoms with Crippen LogP contribution in [0.2, 0.25) is 0 Å². The van der Waals surface area contributed by atoms with Gasteiger partial charge < -0.3 is 14.9 Å². The fourth-order valence-corrected chi connectivity index (χ4v) is 1.59. The van der Waals surface area contributed by atoms with Crippen molar-refractivity contribution in [2.45, 2.75) is 13.3 Å². The Kier molecular flexibility index (Phi) is 3.44. The van der Waals surface area contributed by atoms with Crippen molar-refractivity contribution in [2.24, 2.45) is 0 Å². The average Bonchev–Trinajstić information content (AvgIpc) is 2.34. The Balaban J connectivity index is 2.42. The zero-order valence-electron chi connectivity index (χ0n) is 10.3. The molecule has 0 bridgehead atoms. The number of hydrogen-bond acceptors (Lipinski definition) is 4. The Morgan fingerprint density at radius 1 is 1.05 bits per heavy atom. The van der Waals surface area contributed by atoms with Crippen LogP contribution in [0.25, 0.3) is 11.3 Å². The Hall–Kier alpha value is -2.44. The van der Waals surface area contributed by atoms with Crippen LogP contribution in [0.4, 0.5) is 13.2 Å². The Bertz CT molecular complexity index is 641. The molecule has 0 saturated heterocycles. The zero-order chi connectivity index (χ0) is 14.9. The number of aromatic nitrogens is 1. The lowest BCUT2D eigenvalue weighted by molar-refractivity contribution is -0.275. The number of benzene rings is 1. The second-order valence-corrected chi connectivity index (χ2v) is 4.03. The molecule has 7 heteroatoms. The molecule has 0 amide bonds. The minimum absolute atomic E-state index is 0.0145. The average molecular weight is 285 g/mol. The monoisotopic (exact) mass is 285 g/mol. The van der Waals surface area contributed by atoms with Gasteiger partial charge in [0.05, 0.1) is 11.4 Å². The van der Waals surface area contributed by atoms with E-state index in [1.54, 1.807) is 6.92 Å². The zero-order valence-corrected chi connectivity index (χ0v) is 10.3. The van der Waals surface area contributed by atoms with Crippen LogP contribution in [-0.4, -0.2) is 21.6 Å². The van der Waals surface area contributed by atoms with Crippen molar-refractivity contribution >= 4 is 0 Å². The highest BCUT2D eigenvalue weighted by Gasteiger charge is 2.32. The third-order valence-corrected chi connectivity index (χ3v) is 2.54. The summed E-state index contributed by atoms with van der Waals surface area (Å²) < 4.78 is 40.3. The molecule has 4 nitrogen and oxygen atoms in total. The highest BCUT2D eigenvalue weighted by molar-refractivity contribution is 5.64. The highest BCUT2D eigenvalue weighted by Crippen LogP contribution is 2.35. The SMILES string of the molecule is Cc1nc(-c2ccc(O)c(OC(F)(F)F)c2)ccc1O. The number of pyridine rings is 1. The van der Waals surface area contributed by atoms with Crippen LogP contribution in [0.5, 0.6) is 17.2 Å². The molecule has 2 rings (SSSR count). The number of halogens is 3. The number of phenols is 1. The predicted octanol–water partition coefficient (Wildman–Crippen LogP) is 3.37. The molecule has 0 saturated carbocycles. The highest BCUT2D eigenvalue weighted by atomic mass is 19.4. The number of aromatic hydroxyl groups is 2. The van der Waals surface area contributed by atoms with Crippen LogP contribution in [0.15, 0.2) is 30.3 Å². The van der Waals surface area contributed by atoms with Gasteiger partial charge in [-0.25, -0.2) is 4.98 Å². The lowest BCUT2D eigenvalue weighted by Crippen LogP contribution is -2.17. The van der Waals surface area contributed by atoms with E-state index in [-0.39, 0.29) is 5.75 Å². The smallest absolute Gasteiger partial charge is 0.506 e. The summed E-state index contributed by atoms with van der Waals surface area (Å²) in [5.41, 5.74) is 1.02. The van der Waals surface area contributed by atoms with Crippen molar-refractivity contribution in [1.82, 2.24) is 4.98 Å². The Labute approximate surface area is 112 Å². The molecule has 0 unspecified atom stereocenters. The molecule has 0 aliphatic heterocycles. The van der Waals surface area contributed by atoms with Crippen LogP contribution >= 0.6 is 0 Å². The molecule has 0 aliphatic rings. The van der Waals surface area contributed by atoms with E-state index in [0.717, 1.165) is 12.1 Å². The van der Waals surface area contributed by atoms with E-state index >= 15 is 0 Å². The lowest BCUT2D eigenvalue weighted by atomic mass is 10.1. The molecule has 106 valence electrons. The fraction of sp³-hybridized carbons (Fsp3) is 0.154. The summed E-state index contributed by atoms with van der Waals surface area (Å²) in [5, 5.41) is 18.7. The second-order valence-electron chi connectivity index (χ2n) is 4.03. The molecule has 20 heavy (non-hydrogen) atoms. The molecule has 0 spiro atoms. The van der Waals surface area contributed by atoms with Gasteiger partial charge in [-0.15, -0.1) is 13.2 Å². The fourth-order valence-electron chi connectivity index (χ4n) is 1.59. The van der Waals surface area contributed by atoms with Crippen molar-refractivity contribution in [1.29, 1.82) is 0 Å². The van der Waals surface area contributed by atoms with Gasteiger partial charge in [-0.2, -0.15) is 0 Å². The van der Waals surface area contributed by atoms with Gasteiger partial charge in [0, 0.05) is 5.56 Å². The maximum atomic E-state index is 12.2. The summed E-state index contributed by atoms with van der Waals surface area (Å²) in [6.07, 6.45) is -4.89. The number of alkyl halides is 3. The van der Waals surface area contributed by atoms with Gasteiger partial charge >= 0.3 is 6.36 Å². The third-order valence-electron chi connectivity index (χ3n) is 2.54. The van der Waals surface area contributed by atoms with Gasteiger partial charge in [0.2, 0.25) is 0 Å². The number of ether oxygens (including phenoxy) is 1. The normalized spacial score (nSPS) is 11.4. The quantitative estimate of drug-likeness (QED) is 0.888. The second kappa shape index (κ2) is 4.92. The predicted molar refractivity (Wildman–Crippen MR) is 64.4 cm³/mol. The summed E-state index contributed by atoms with van der Waals surface area (Å²) in [4.78, 5) is 4.04. The maximum absolute atomic E-state index is 12.2. The molecule has 1 aromatic heterocycles. The molecule has 1 heterocycles. The van der Waals surface area contributed by atoms with Crippen LogP contribution in [-0.2, 0) is 0 Å². The molecule has 0 radical (unpaired) electrons. The van der Waals surface area contributed by atoms with Crippen LogP contribution in [0, 0.1) is 6.92 Å². The van der Waals surface area contributed by atoms with Crippen molar-refractivity contribution in [2.75, 3.05) is 0 Å². The van der Waals surface area contributed by atoms with E-state index in [2.05, 4.69) is 9.72 Å². The van der Waals surface area contributed by atoms with Gasteiger partial charge in [-0.3, -0.25) is 0 Å². The molecular formula is C13H10F3NO3. The molecule has 2 N–H and O–H groups in total. The van der Waals surface area contributed by atoms with Gasteiger partial charge in [-0.1, -0.05) is 0 Å². The maximum Gasteiger partial charge on any atom is 0.573 e. The number of aryl methyl sites for hydroxylation is 1. The lowest BCUT2D eigenvalue weighted by Gasteiger charge is -2.12. The van der Waals surface area contributed by atoms with E-state index in [1.165, 1.54) is 18.2 Å². The van der Waals surface area contributed by atoms with E-state index in [9.17, 15) is 23.4 Å². The van der Waals surface area contributed by atoms with E-state index in [4.69, 9.17) is 0 Å². The van der Waals surface area contributed by atoms with Crippen LogP contribution in [0.1, 0.15) is 5.69 Å². The molecule has 0 fully saturated rings. The summed E-state index contributed by atoms with van der Waals surface area (Å²) >= 11 is 0. The number of phenolic OH excluding ortho intramolecular Hbond substituents is 1. The van der Waals surface area contributed by atoms with Crippen molar-refractivity contribution < 1.29 is 28.1 Å². The Morgan fingerprint density at radius 3 is 2.30 bits per heavy atom. The topological polar surface area (TPSA) is 62.6 Å². The van der Waals surface area contributed by atoms with Gasteiger partial charge in [0.15, 0.2) is 11.5 Å². The molecule has 0 aliphatic carbocycles. The van der Waals surface area contributed by atoms with E-state index < -0.39 is 17.9 Å². The Morgan fingerprint density at radius 2 is 1.70 bits per heavy atom. The summed E-state index contributed by atoms with van der Waals surface area (Å²) in [6.45, 7) is 1.56. The first-order valence-electron chi connectivity index (χ1n) is 5.52. The van der Waals surface area contributed by atoms with Crippen molar-refractivity contribution in [3.05, 3.63) is 36.0 Å². The minimum atomic E-state index is -4.89. The summed E-state index contributed by atoms with van der Waals surface area (Å²) in [6, 6.07) is 6.35. The number of rotatable bonds is 2. The largest absolute Gasteiger partial charge is 0.573 e. The van der Waals surface area contributed by atoms with E-state index in [0.29, 0.717) is 17.0 Å². The first kappa shape index (κ1) is 14.0. The van der Waals surface area contributed by atoms with Gasteiger partial charge in [0.25, 0.3) is 0 Å². The van der Waals surface area contributed by atoms with Crippen molar-refractivity contribution in [3.63, 3.8) is 0 Å². The van der Waals surface area contributed by atoms with Crippen LogP contribution in [0.3, 0.4) is 0 Å². The summed E-state index contributed by atoms with van der Waals surface area (Å²) in [5.74, 6) is -1.34. The molecule has 2 aromatic rings.